The molecule has 1 aliphatic rings. The van der Waals surface area contributed by atoms with E-state index in [1.807, 2.05) is 12.1 Å². The summed E-state index contributed by atoms with van der Waals surface area (Å²) in [5.41, 5.74) is 5.14. The van der Waals surface area contributed by atoms with Gasteiger partial charge in [-0.1, -0.05) is 11.6 Å². The number of benzene rings is 1. The Morgan fingerprint density at radius 2 is 2.33 bits per heavy atom. The van der Waals surface area contributed by atoms with Gasteiger partial charge in [0.05, 0.1) is 18.8 Å². The maximum atomic E-state index is 13.9. The van der Waals surface area contributed by atoms with Crippen molar-refractivity contribution in [2.45, 2.75) is 18.9 Å². The first-order valence-corrected chi connectivity index (χ1v) is 7.06. The number of hydrogen-bond acceptors (Lipinski definition) is 4. The fraction of sp³-hybridized carbons (Fsp3) is 0.267. The average molecular weight is 308 g/mol. The minimum Gasteiger partial charge on any atom is -0.493 e. The van der Waals surface area contributed by atoms with Crippen LogP contribution >= 0.6 is 11.6 Å². The molecule has 1 unspecified atom stereocenters. The van der Waals surface area contributed by atoms with Crippen molar-refractivity contribution in [3.8, 4) is 5.75 Å². The molecule has 0 bridgehead atoms. The highest BCUT2D eigenvalue weighted by atomic mass is 35.5. The van der Waals surface area contributed by atoms with Gasteiger partial charge in [0, 0.05) is 23.2 Å². The molecule has 21 heavy (non-hydrogen) atoms. The molecule has 0 fully saturated rings. The van der Waals surface area contributed by atoms with Gasteiger partial charge >= 0.3 is 0 Å². The lowest BCUT2D eigenvalue weighted by Gasteiger charge is -2.18. The molecule has 0 spiro atoms. The van der Waals surface area contributed by atoms with Crippen LogP contribution < -0.4 is 16.0 Å². The molecule has 2 heterocycles. The average Bonchev–Trinajstić information content (AvgIpc) is 2.93. The number of hydrogen-bond donors (Lipinski definition) is 2. The zero-order valence-corrected chi connectivity index (χ0v) is 12.0. The summed E-state index contributed by atoms with van der Waals surface area (Å²) >= 11 is 6.14. The quantitative estimate of drug-likeness (QED) is 0.673. The Bertz CT molecular complexity index is 665. The van der Waals surface area contributed by atoms with Crippen molar-refractivity contribution in [2.24, 2.45) is 5.84 Å². The van der Waals surface area contributed by atoms with Crippen LogP contribution in [0.25, 0.3) is 0 Å². The Hall–Kier alpha value is -1.69. The Kier molecular flexibility index (Phi) is 4.05. The number of nitrogens with one attached hydrogen (secondary N) is 1. The zero-order chi connectivity index (χ0) is 14.8. The fourth-order valence-electron chi connectivity index (χ4n) is 2.64. The van der Waals surface area contributed by atoms with Crippen molar-refractivity contribution in [2.75, 3.05) is 6.61 Å². The first-order chi connectivity index (χ1) is 10.2. The lowest BCUT2D eigenvalue weighted by Crippen LogP contribution is -2.30. The van der Waals surface area contributed by atoms with E-state index < -0.39 is 0 Å². The predicted octanol–water partition coefficient (Wildman–Crippen LogP) is 2.56. The lowest BCUT2D eigenvalue weighted by molar-refractivity contribution is 0.351. The van der Waals surface area contributed by atoms with E-state index in [2.05, 4.69) is 10.4 Å². The topological polar surface area (TPSA) is 60.2 Å². The molecular weight excluding hydrogens is 293 g/mol. The van der Waals surface area contributed by atoms with Crippen molar-refractivity contribution in [3.63, 3.8) is 0 Å². The van der Waals surface area contributed by atoms with Crippen LogP contribution in [0.2, 0.25) is 5.02 Å². The molecule has 6 heteroatoms. The van der Waals surface area contributed by atoms with Crippen LogP contribution in [0.5, 0.6) is 5.75 Å². The van der Waals surface area contributed by atoms with Gasteiger partial charge in [-0.3, -0.25) is 16.3 Å². The normalized spacial score (nSPS) is 14.6. The van der Waals surface area contributed by atoms with E-state index in [0.29, 0.717) is 23.6 Å². The van der Waals surface area contributed by atoms with Gasteiger partial charge in [0.25, 0.3) is 0 Å². The number of aromatic nitrogens is 1. The van der Waals surface area contributed by atoms with Gasteiger partial charge in [-0.05, 0) is 35.7 Å². The van der Waals surface area contributed by atoms with E-state index in [1.165, 1.54) is 6.20 Å². The van der Waals surface area contributed by atoms with Gasteiger partial charge in [-0.2, -0.15) is 0 Å². The first-order valence-electron chi connectivity index (χ1n) is 6.68. The number of nitrogens with two attached hydrogens (primary N) is 1. The number of nitrogens with zero attached hydrogens (tertiary/aromatic N) is 1. The molecule has 3 N–H and O–H groups in total. The number of rotatable bonds is 4. The Labute approximate surface area is 127 Å². The summed E-state index contributed by atoms with van der Waals surface area (Å²) in [7, 11) is 0. The van der Waals surface area contributed by atoms with Crippen molar-refractivity contribution < 1.29 is 9.13 Å². The summed E-state index contributed by atoms with van der Waals surface area (Å²) in [5.74, 6) is 6.05. The van der Waals surface area contributed by atoms with Crippen LogP contribution in [0.15, 0.2) is 30.6 Å². The van der Waals surface area contributed by atoms with E-state index in [-0.39, 0.29) is 11.9 Å². The molecule has 0 saturated carbocycles. The molecule has 2 aromatic rings. The number of fused-ring (bicyclic) bond motifs is 1. The van der Waals surface area contributed by atoms with E-state index >= 15 is 0 Å². The Morgan fingerprint density at radius 1 is 1.48 bits per heavy atom. The molecular formula is C15H15ClFN3O. The van der Waals surface area contributed by atoms with Crippen LogP contribution in [0.3, 0.4) is 0 Å². The van der Waals surface area contributed by atoms with Crippen molar-refractivity contribution in [1.82, 2.24) is 10.4 Å². The molecule has 0 radical (unpaired) electrons. The van der Waals surface area contributed by atoms with Crippen molar-refractivity contribution >= 4 is 11.6 Å². The van der Waals surface area contributed by atoms with Gasteiger partial charge in [0.2, 0.25) is 0 Å². The van der Waals surface area contributed by atoms with E-state index in [4.69, 9.17) is 22.2 Å². The smallest absolute Gasteiger partial charge is 0.146 e. The van der Waals surface area contributed by atoms with Gasteiger partial charge < -0.3 is 4.74 Å². The fourth-order valence-corrected chi connectivity index (χ4v) is 2.91. The molecule has 0 amide bonds. The summed E-state index contributed by atoms with van der Waals surface area (Å²) < 4.78 is 19.5. The second-order valence-electron chi connectivity index (χ2n) is 4.97. The van der Waals surface area contributed by atoms with Crippen LogP contribution in [-0.2, 0) is 12.8 Å². The number of halogens is 2. The van der Waals surface area contributed by atoms with Gasteiger partial charge in [-0.25, -0.2) is 4.39 Å². The highest BCUT2D eigenvalue weighted by Gasteiger charge is 2.22. The SMILES string of the molecule is NNC(Cc1cc(Cl)cc2c1OCC2)c1ccncc1F. The van der Waals surface area contributed by atoms with Gasteiger partial charge in [0.1, 0.15) is 11.6 Å². The summed E-state index contributed by atoms with van der Waals surface area (Å²) in [6.07, 6.45) is 4.05. The van der Waals surface area contributed by atoms with Crippen molar-refractivity contribution in [3.05, 3.63) is 58.1 Å². The molecule has 1 atom stereocenters. The third kappa shape index (κ3) is 2.85. The zero-order valence-electron chi connectivity index (χ0n) is 11.3. The summed E-state index contributed by atoms with van der Waals surface area (Å²) in [4.78, 5) is 3.75. The largest absolute Gasteiger partial charge is 0.493 e. The van der Waals surface area contributed by atoms with Crippen molar-refractivity contribution in [1.29, 1.82) is 0 Å². The van der Waals surface area contributed by atoms with Gasteiger partial charge in [0.15, 0.2) is 0 Å². The number of ether oxygens (including phenoxy) is 1. The molecule has 1 aromatic heterocycles. The third-order valence-electron chi connectivity index (χ3n) is 3.63. The van der Waals surface area contributed by atoms with Crippen LogP contribution in [-0.4, -0.2) is 11.6 Å². The van der Waals surface area contributed by atoms with Gasteiger partial charge in [-0.15, -0.1) is 0 Å². The standard InChI is InChI=1S/C15H15ClFN3O/c16-11-5-9-2-4-21-15(9)10(6-11)7-14(20-18)12-1-3-19-8-13(12)17/h1,3,5-6,8,14,20H,2,4,7,18H2. The van der Waals surface area contributed by atoms with Crippen LogP contribution in [0, 0.1) is 5.82 Å². The highest BCUT2D eigenvalue weighted by Crippen LogP contribution is 2.35. The maximum Gasteiger partial charge on any atom is 0.146 e. The number of pyridine rings is 1. The summed E-state index contributed by atoms with van der Waals surface area (Å²) in [6, 6.07) is 4.99. The third-order valence-corrected chi connectivity index (χ3v) is 3.85. The first kappa shape index (κ1) is 14.3. The Morgan fingerprint density at radius 3 is 3.10 bits per heavy atom. The van der Waals surface area contributed by atoms with Crippen LogP contribution in [0.4, 0.5) is 4.39 Å². The molecule has 4 nitrogen and oxygen atoms in total. The van der Waals surface area contributed by atoms with E-state index in [0.717, 1.165) is 23.3 Å². The molecule has 110 valence electrons. The second kappa shape index (κ2) is 5.97. The minimum atomic E-state index is -0.389. The summed E-state index contributed by atoms with van der Waals surface area (Å²) in [6.45, 7) is 0.646. The minimum absolute atomic E-state index is 0.375. The molecule has 0 saturated heterocycles. The molecule has 3 rings (SSSR count). The molecule has 0 aliphatic carbocycles. The molecule has 1 aromatic carbocycles. The lowest BCUT2D eigenvalue weighted by atomic mass is 9.97. The summed E-state index contributed by atoms with van der Waals surface area (Å²) in [5, 5.41) is 0.653. The highest BCUT2D eigenvalue weighted by molar-refractivity contribution is 6.30. The monoisotopic (exact) mass is 307 g/mol. The Balaban J connectivity index is 1.94. The van der Waals surface area contributed by atoms with E-state index in [9.17, 15) is 4.39 Å². The van der Waals surface area contributed by atoms with Crippen LogP contribution in [0.1, 0.15) is 22.7 Å². The number of hydrazine groups is 1. The second-order valence-corrected chi connectivity index (χ2v) is 5.41. The van der Waals surface area contributed by atoms with E-state index in [1.54, 1.807) is 12.3 Å². The maximum absolute atomic E-state index is 13.9. The predicted molar refractivity (Wildman–Crippen MR) is 78.6 cm³/mol. The molecule has 1 aliphatic heterocycles.